The number of para-hydroxylation sites is 1. The first-order chi connectivity index (χ1) is 14.3. The summed E-state index contributed by atoms with van der Waals surface area (Å²) in [5.41, 5.74) is 1.52. The second kappa shape index (κ2) is 8.00. The van der Waals surface area contributed by atoms with Gasteiger partial charge in [-0.3, -0.25) is 9.88 Å². The lowest BCUT2D eigenvalue weighted by Crippen LogP contribution is -2.57. The Morgan fingerprint density at radius 3 is 2.90 bits per heavy atom. The molecule has 3 aromatic rings. The van der Waals surface area contributed by atoms with Gasteiger partial charge in [0.05, 0.1) is 30.5 Å². The molecule has 7 nitrogen and oxygen atoms in total. The van der Waals surface area contributed by atoms with E-state index in [9.17, 15) is 0 Å². The summed E-state index contributed by atoms with van der Waals surface area (Å²) in [6.45, 7) is 4.74. The van der Waals surface area contributed by atoms with Gasteiger partial charge in [0.15, 0.2) is 11.4 Å². The number of piperidine rings is 1. The fraction of sp³-hybridized carbons (Fsp3) is 0.455. The van der Waals surface area contributed by atoms with Crippen LogP contribution < -0.4 is 9.64 Å². The van der Waals surface area contributed by atoms with E-state index in [1.807, 2.05) is 24.3 Å². The largest absolute Gasteiger partial charge is 0.492 e. The molecule has 4 heterocycles. The minimum absolute atomic E-state index is 0.0413. The van der Waals surface area contributed by atoms with Crippen LogP contribution in [-0.2, 0) is 6.61 Å². The van der Waals surface area contributed by atoms with E-state index >= 15 is 0 Å². The summed E-state index contributed by atoms with van der Waals surface area (Å²) in [5, 5.41) is 14.5. The number of hydrogen-bond acceptors (Lipinski definition) is 7. The summed E-state index contributed by atoms with van der Waals surface area (Å²) in [6.07, 6.45) is 4.02. The van der Waals surface area contributed by atoms with Crippen molar-refractivity contribution < 1.29 is 14.4 Å². The number of hydrogen-bond donors (Lipinski definition) is 1. The maximum Gasteiger partial charge on any atom is 0.180 e. The molecule has 2 saturated heterocycles. The highest BCUT2D eigenvalue weighted by Gasteiger charge is 2.34. The third kappa shape index (κ3) is 3.80. The van der Waals surface area contributed by atoms with Crippen LogP contribution in [0.1, 0.15) is 18.5 Å². The molecule has 2 aromatic heterocycles. The number of aliphatic hydroxyl groups excluding tert-OH is 1. The molecule has 29 heavy (non-hydrogen) atoms. The van der Waals surface area contributed by atoms with Crippen molar-refractivity contribution in [3.63, 3.8) is 0 Å². The smallest absolute Gasteiger partial charge is 0.180 e. The van der Waals surface area contributed by atoms with Crippen molar-refractivity contribution in [1.82, 2.24) is 15.0 Å². The van der Waals surface area contributed by atoms with Gasteiger partial charge >= 0.3 is 0 Å². The molecular formula is C22H26N4O3. The van der Waals surface area contributed by atoms with Crippen molar-refractivity contribution in [1.29, 1.82) is 0 Å². The van der Waals surface area contributed by atoms with E-state index in [0.29, 0.717) is 24.3 Å². The van der Waals surface area contributed by atoms with Gasteiger partial charge in [0, 0.05) is 38.1 Å². The van der Waals surface area contributed by atoms with E-state index in [0.717, 1.165) is 55.1 Å². The summed E-state index contributed by atoms with van der Waals surface area (Å²) < 4.78 is 11.5. The van der Waals surface area contributed by atoms with Crippen molar-refractivity contribution in [2.24, 2.45) is 5.92 Å². The van der Waals surface area contributed by atoms with Gasteiger partial charge < -0.3 is 19.3 Å². The molecule has 0 bridgehead atoms. The average molecular weight is 394 g/mol. The molecular weight excluding hydrogens is 368 g/mol. The van der Waals surface area contributed by atoms with Gasteiger partial charge in [-0.05, 0) is 37.1 Å². The normalized spacial score (nSPS) is 22.6. The summed E-state index contributed by atoms with van der Waals surface area (Å²) in [5.74, 6) is 2.28. The van der Waals surface area contributed by atoms with Crippen LogP contribution in [0.2, 0.25) is 0 Å². The van der Waals surface area contributed by atoms with E-state index in [-0.39, 0.29) is 6.61 Å². The Kier molecular flexibility index (Phi) is 5.08. The number of rotatable bonds is 5. The molecule has 7 heteroatoms. The Hall–Kier alpha value is -2.64. The van der Waals surface area contributed by atoms with Gasteiger partial charge in [-0.2, -0.15) is 0 Å². The second-order valence-corrected chi connectivity index (χ2v) is 7.99. The van der Waals surface area contributed by atoms with Gasteiger partial charge in [0.25, 0.3) is 0 Å². The molecule has 2 aliphatic heterocycles. The summed E-state index contributed by atoms with van der Waals surface area (Å²) >= 11 is 0. The number of pyridine rings is 1. The minimum atomic E-state index is -0.0413. The van der Waals surface area contributed by atoms with Gasteiger partial charge in [-0.1, -0.05) is 17.3 Å². The first kappa shape index (κ1) is 18.4. The number of anilines is 1. The standard InChI is InChI=1S/C22H26N4O3/c27-14-17-6-8-19(11-23-17)28-15-16-5-7-18-13-26(10-9-25(18)12-16)22-20-3-1-2-4-21(20)29-24-22/h1-4,6,8,11,16,18,27H,5,7,9-10,12-15H2/t16-,18+/m1/s1. The Bertz CT molecular complexity index is 958. The summed E-state index contributed by atoms with van der Waals surface area (Å²) in [4.78, 5) is 9.15. The molecule has 0 amide bonds. The van der Waals surface area contributed by atoms with Crippen molar-refractivity contribution in [3.8, 4) is 5.75 Å². The zero-order chi connectivity index (χ0) is 19.6. The number of ether oxygens (including phenoxy) is 1. The molecule has 0 spiro atoms. The number of benzene rings is 1. The summed E-state index contributed by atoms with van der Waals surface area (Å²) in [7, 11) is 0. The molecule has 2 atom stereocenters. The van der Waals surface area contributed by atoms with Crippen LogP contribution >= 0.6 is 0 Å². The highest BCUT2D eigenvalue weighted by molar-refractivity contribution is 5.88. The SMILES string of the molecule is OCc1ccc(OC[C@@H]2CC[C@H]3CN(c4noc5ccccc45)CCN3C2)cn1. The minimum Gasteiger partial charge on any atom is -0.492 e. The first-order valence-electron chi connectivity index (χ1n) is 10.3. The predicted molar refractivity (Wildman–Crippen MR) is 110 cm³/mol. The number of aromatic nitrogens is 2. The highest BCUT2D eigenvalue weighted by atomic mass is 16.5. The zero-order valence-corrected chi connectivity index (χ0v) is 16.4. The Labute approximate surface area is 169 Å². The van der Waals surface area contributed by atoms with E-state index in [4.69, 9.17) is 14.4 Å². The van der Waals surface area contributed by atoms with Crippen LogP contribution in [0.15, 0.2) is 47.1 Å². The topological polar surface area (TPSA) is 74.9 Å². The van der Waals surface area contributed by atoms with Crippen LogP contribution in [0.25, 0.3) is 11.0 Å². The maximum absolute atomic E-state index is 9.08. The fourth-order valence-electron chi connectivity index (χ4n) is 4.49. The van der Waals surface area contributed by atoms with E-state index in [1.165, 1.54) is 6.42 Å². The van der Waals surface area contributed by atoms with Gasteiger partial charge in [-0.25, -0.2) is 0 Å². The lowest BCUT2D eigenvalue weighted by atomic mass is 9.91. The number of piperazine rings is 1. The van der Waals surface area contributed by atoms with Crippen molar-refractivity contribution in [2.75, 3.05) is 37.7 Å². The van der Waals surface area contributed by atoms with Gasteiger partial charge in [0.2, 0.25) is 0 Å². The third-order valence-corrected chi connectivity index (χ3v) is 6.11. The van der Waals surface area contributed by atoms with Crippen LogP contribution in [0.5, 0.6) is 5.75 Å². The third-order valence-electron chi connectivity index (χ3n) is 6.11. The summed E-state index contributed by atoms with van der Waals surface area (Å²) in [6, 6.07) is 12.3. The van der Waals surface area contributed by atoms with E-state index in [1.54, 1.807) is 12.3 Å². The van der Waals surface area contributed by atoms with Crippen molar-refractivity contribution in [3.05, 3.63) is 48.3 Å². The Morgan fingerprint density at radius 1 is 1.10 bits per heavy atom. The Balaban J connectivity index is 1.17. The molecule has 0 aliphatic carbocycles. The predicted octanol–water partition coefficient (Wildman–Crippen LogP) is 2.69. The molecule has 2 aliphatic rings. The van der Waals surface area contributed by atoms with Crippen molar-refractivity contribution >= 4 is 16.8 Å². The number of fused-ring (bicyclic) bond motifs is 2. The Morgan fingerprint density at radius 2 is 2.03 bits per heavy atom. The fourth-order valence-corrected chi connectivity index (χ4v) is 4.49. The van der Waals surface area contributed by atoms with Crippen LogP contribution in [0.3, 0.4) is 0 Å². The van der Waals surface area contributed by atoms with E-state index < -0.39 is 0 Å². The molecule has 1 aromatic carbocycles. The quantitative estimate of drug-likeness (QED) is 0.713. The van der Waals surface area contributed by atoms with Gasteiger partial charge in [0.1, 0.15) is 5.75 Å². The zero-order valence-electron chi connectivity index (χ0n) is 16.4. The highest BCUT2D eigenvalue weighted by Crippen LogP contribution is 2.31. The van der Waals surface area contributed by atoms with Crippen LogP contribution in [0.4, 0.5) is 5.82 Å². The second-order valence-electron chi connectivity index (χ2n) is 7.99. The molecule has 5 rings (SSSR count). The maximum atomic E-state index is 9.08. The lowest BCUT2D eigenvalue weighted by Gasteiger charge is -2.46. The van der Waals surface area contributed by atoms with Crippen molar-refractivity contribution in [2.45, 2.75) is 25.5 Å². The monoisotopic (exact) mass is 394 g/mol. The average Bonchev–Trinajstić information content (AvgIpc) is 3.22. The first-order valence-corrected chi connectivity index (χ1v) is 10.3. The number of nitrogens with zero attached hydrogens (tertiary/aromatic N) is 4. The van der Waals surface area contributed by atoms with Crippen LogP contribution in [-0.4, -0.2) is 59.0 Å². The van der Waals surface area contributed by atoms with E-state index in [2.05, 4.69) is 26.0 Å². The van der Waals surface area contributed by atoms with Gasteiger partial charge in [-0.15, -0.1) is 0 Å². The molecule has 0 unspecified atom stereocenters. The molecule has 2 fully saturated rings. The molecule has 0 radical (unpaired) electrons. The molecule has 152 valence electrons. The lowest BCUT2D eigenvalue weighted by molar-refractivity contribution is 0.0726. The number of aliphatic hydroxyl groups is 1. The molecule has 1 N–H and O–H groups in total. The van der Waals surface area contributed by atoms with Crippen LogP contribution in [0, 0.1) is 5.92 Å². The molecule has 0 saturated carbocycles.